The van der Waals surface area contributed by atoms with E-state index in [0.29, 0.717) is 5.41 Å². The Morgan fingerprint density at radius 1 is 0.759 bits per heavy atom. The molecule has 0 saturated heterocycles. The zero-order valence-corrected chi connectivity index (χ0v) is 17.3. The van der Waals surface area contributed by atoms with Crippen molar-refractivity contribution < 1.29 is 4.74 Å². The summed E-state index contributed by atoms with van der Waals surface area (Å²) < 4.78 is 5.90. The second-order valence-corrected chi connectivity index (χ2v) is 10.0. The molecule has 147 valence electrons. The van der Waals surface area contributed by atoms with Gasteiger partial charge in [-0.25, -0.2) is 0 Å². The maximum atomic E-state index is 5.90. The lowest BCUT2D eigenvalue weighted by molar-refractivity contribution is -0.00613. The zero-order chi connectivity index (χ0) is 19.6. The summed E-state index contributed by atoms with van der Waals surface area (Å²) in [5, 5.41) is 2.54. The minimum atomic E-state index is 0.343. The number of rotatable bonds is 3. The van der Waals surface area contributed by atoms with Gasteiger partial charge in [-0.1, -0.05) is 36.4 Å². The van der Waals surface area contributed by atoms with Crippen LogP contribution in [0.3, 0.4) is 0 Å². The molecule has 0 aliphatic heterocycles. The molecule has 0 aromatic heterocycles. The highest BCUT2D eigenvalue weighted by Gasteiger charge is 2.52. The molecule has 4 aliphatic carbocycles. The van der Waals surface area contributed by atoms with E-state index in [4.69, 9.17) is 4.74 Å². The lowest BCUT2D eigenvalue weighted by Gasteiger charge is -2.57. The monoisotopic (exact) mass is 381 g/mol. The van der Waals surface area contributed by atoms with Crippen molar-refractivity contribution in [1.82, 2.24) is 0 Å². The quantitative estimate of drug-likeness (QED) is 0.467. The zero-order valence-electron chi connectivity index (χ0n) is 17.3. The topological polar surface area (TPSA) is 9.23 Å². The van der Waals surface area contributed by atoms with Gasteiger partial charge in [-0.15, -0.1) is 0 Å². The minimum Gasteiger partial charge on any atom is -0.496 e. The fourth-order valence-electron chi connectivity index (χ4n) is 7.22. The first-order chi connectivity index (χ1) is 14.1. The Balaban J connectivity index is 1.46. The van der Waals surface area contributed by atoms with E-state index in [2.05, 4.69) is 61.5 Å². The number of ether oxygens (including phenoxy) is 1. The molecule has 0 spiro atoms. The first-order valence-electron chi connectivity index (χ1n) is 11.2. The van der Waals surface area contributed by atoms with Gasteiger partial charge in [-0.2, -0.15) is 0 Å². The van der Waals surface area contributed by atoms with E-state index >= 15 is 0 Å². The maximum absolute atomic E-state index is 5.90. The molecule has 4 aliphatic rings. The molecule has 4 saturated carbocycles. The number of fused-ring (bicyclic) bond motifs is 1. The van der Waals surface area contributed by atoms with Crippen LogP contribution in [-0.2, 0) is 5.41 Å². The van der Waals surface area contributed by atoms with E-state index in [0.717, 1.165) is 29.1 Å². The first-order valence-corrected chi connectivity index (χ1v) is 11.2. The Kier molecular flexibility index (Phi) is 3.85. The third-order valence-corrected chi connectivity index (χ3v) is 8.05. The molecule has 1 heteroatoms. The highest BCUT2D eigenvalue weighted by Crippen LogP contribution is 2.62. The molecule has 3 aromatic rings. The number of hydrogen-bond acceptors (Lipinski definition) is 1. The summed E-state index contributed by atoms with van der Waals surface area (Å²) in [6.07, 6.45) is 8.51. The van der Waals surface area contributed by atoms with E-state index in [1.807, 2.05) is 7.11 Å². The molecule has 1 nitrogen and oxygen atoms in total. The van der Waals surface area contributed by atoms with E-state index in [-0.39, 0.29) is 0 Å². The van der Waals surface area contributed by atoms with Gasteiger partial charge in [-0.3, -0.25) is 0 Å². The summed E-state index contributed by atoms with van der Waals surface area (Å²) >= 11 is 0. The van der Waals surface area contributed by atoms with Gasteiger partial charge in [0.05, 0.1) is 7.11 Å². The Morgan fingerprint density at radius 3 is 2.03 bits per heavy atom. The van der Waals surface area contributed by atoms with Gasteiger partial charge in [0.1, 0.15) is 5.75 Å². The summed E-state index contributed by atoms with van der Waals surface area (Å²) in [6, 6.07) is 20.2. The third-order valence-electron chi connectivity index (χ3n) is 8.05. The summed E-state index contributed by atoms with van der Waals surface area (Å²) in [6.45, 7) is 4.06. The second kappa shape index (κ2) is 6.36. The summed E-state index contributed by atoms with van der Waals surface area (Å²) in [4.78, 5) is 0. The number of benzene rings is 3. The molecule has 29 heavy (non-hydrogen) atoms. The van der Waals surface area contributed by atoms with Crippen molar-refractivity contribution in [2.45, 2.75) is 43.9 Å². The van der Waals surface area contributed by atoms with Crippen LogP contribution >= 0.6 is 0 Å². The van der Waals surface area contributed by atoms with Crippen LogP contribution in [0.5, 0.6) is 5.75 Å². The van der Waals surface area contributed by atoms with E-state index in [9.17, 15) is 0 Å². The van der Waals surface area contributed by atoms with Crippen molar-refractivity contribution in [3.63, 3.8) is 0 Å². The number of hydrogen-bond donors (Lipinski definition) is 0. The van der Waals surface area contributed by atoms with Crippen LogP contribution in [0.2, 0.25) is 0 Å². The fraction of sp³-hybridized carbons (Fsp3) is 0.393. The van der Waals surface area contributed by atoms with Crippen LogP contribution in [0.1, 0.15) is 49.7 Å². The molecule has 0 heterocycles. The third kappa shape index (κ3) is 2.81. The second-order valence-electron chi connectivity index (χ2n) is 10.0. The molecular weight excluding hydrogens is 352 g/mol. The largest absolute Gasteiger partial charge is 0.496 e. The van der Waals surface area contributed by atoms with Crippen molar-refractivity contribution in [1.29, 1.82) is 0 Å². The average molecular weight is 382 g/mol. The van der Waals surface area contributed by atoms with Gasteiger partial charge < -0.3 is 4.74 Å². The van der Waals surface area contributed by atoms with E-state index < -0.39 is 0 Å². The van der Waals surface area contributed by atoms with Crippen LogP contribution in [0.25, 0.3) is 21.9 Å². The van der Waals surface area contributed by atoms with Gasteiger partial charge in [0.25, 0.3) is 0 Å². The molecule has 0 amide bonds. The predicted octanol–water partition coefficient (Wildman–Crippen LogP) is 7.17. The lowest BCUT2D eigenvalue weighted by atomic mass is 9.48. The van der Waals surface area contributed by atoms with Crippen LogP contribution in [0.15, 0.2) is 54.6 Å². The van der Waals surface area contributed by atoms with Crippen LogP contribution in [0.4, 0.5) is 0 Å². The standard InChI is InChI=1S/C28H29O/c1-18-3-4-23-13-24(6-5-22(23)9-18)25-7-8-27(29-2)26(14-25)28-15-19-10-20(16-28)12-21(11-19)17-28/h3-9,13-14,19-21H,1,10-12,15-17H2,2H3. The van der Waals surface area contributed by atoms with Gasteiger partial charge >= 0.3 is 0 Å². The minimum absolute atomic E-state index is 0.343. The normalized spacial score (nSPS) is 30.1. The molecule has 0 unspecified atom stereocenters. The molecule has 3 aromatic carbocycles. The highest BCUT2D eigenvalue weighted by atomic mass is 16.5. The highest BCUT2D eigenvalue weighted by molar-refractivity contribution is 5.88. The van der Waals surface area contributed by atoms with Crippen LogP contribution in [0, 0.1) is 24.7 Å². The van der Waals surface area contributed by atoms with Gasteiger partial charge in [0.15, 0.2) is 0 Å². The number of methoxy groups -OCH3 is 1. The van der Waals surface area contributed by atoms with Crippen molar-refractivity contribution in [3.8, 4) is 16.9 Å². The maximum Gasteiger partial charge on any atom is 0.122 e. The molecule has 0 N–H and O–H groups in total. The lowest BCUT2D eigenvalue weighted by Crippen LogP contribution is -2.48. The fourth-order valence-corrected chi connectivity index (χ4v) is 7.22. The molecule has 0 atom stereocenters. The summed E-state index contributed by atoms with van der Waals surface area (Å²) in [7, 11) is 1.84. The molecule has 4 bridgehead atoms. The van der Waals surface area contributed by atoms with Gasteiger partial charge in [0, 0.05) is 5.56 Å². The SMILES string of the molecule is [CH2]c1ccc2cc(-c3ccc(OC)c(C45CC6CC(CC(C6)C4)C5)c3)ccc2c1. The van der Waals surface area contributed by atoms with Crippen LogP contribution in [-0.4, -0.2) is 7.11 Å². The van der Waals surface area contributed by atoms with E-state index in [1.165, 1.54) is 66.0 Å². The Hall–Kier alpha value is -2.28. The smallest absolute Gasteiger partial charge is 0.122 e. The summed E-state index contributed by atoms with van der Waals surface area (Å²) in [5.74, 6) is 3.91. The molecule has 4 fully saturated rings. The van der Waals surface area contributed by atoms with Gasteiger partial charge in [-0.05, 0) is 114 Å². The predicted molar refractivity (Wildman–Crippen MR) is 120 cm³/mol. The Labute approximate surface area is 174 Å². The Bertz CT molecular complexity index is 1060. The first kappa shape index (κ1) is 17.6. The average Bonchev–Trinajstić information content (AvgIpc) is 2.72. The van der Waals surface area contributed by atoms with Crippen molar-refractivity contribution >= 4 is 10.8 Å². The van der Waals surface area contributed by atoms with Crippen LogP contribution < -0.4 is 4.74 Å². The van der Waals surface area contributed by atoms with Crippen molar-refractivity contribution in [2.75, 3.05) is 7.11 Å². The molecule has 1 radical (unpaired) electrons. The molecular formula is C28H29O. The van der Waals surface area contributed by atoms with Crippen molar-refractivity contribution in [3.05, 3.63) is 72.6 Å². The summed E-state index contributed by atoms with van der Waals surface area (Å²) in [5.41, 5.74) is 5.50. The van der Waals surface area contributed by atoms with Gasteiger partial charge in [0.2, 0.25) is 0 Å². The van der Waals surface area contributed by atoms with Crippen molar-refractivity contribution in [2.24, 2.45) is 17.8 Å². The molecule has 7 rings (SSSR count). The Morgan fingerprint density at radius 2 is 1.34 bits per heavy atom. The van der Waals surface area contributed by atoms with E-state index in [1.54, 1.807) is 0 Å².